The summed E-state index contributed by atoms with van der Waals surface area (Å²) >= 11 is 0. The summed E-state index contributed by atoms with van der Waals surface area (Å²) in [6.07, 6.45) is 3.32. The number of hydrogen-bond acceptors (Lipinski definition) is 3. The van der Waals surface area contributed by atoms with Crippen LogP contribution >= 0.6 is 0 Å². The van der Waals surface area contributed by atoms with Gasteiger partial charge in [0, 0.05) is 0 Å². The van der Waals surface area contributed by atoms with Crippen LogP contribution in [0.1, 0.15) is 46.5 Å². The summed E-state index contributed by atoms with van der Waals surface area (Å²) in [6, 6.07) is -0.642. The van der Waals surface area contributed by atoms with Gasteiger partial charge in [-0.1, -0.05) is 33.6 Å². The first-order chi connectivity index (χ1) is 7.32. The minimum atomic E-state index is -0.526. The second-order valence-electron chi connectivity index (χ2n) is 5.81. The number of carbonyl (C=O) groups is 1. The quantitative estimate of drug-likeness (QED) is 0.654. The van der Waals surface area contributed by atoms with Crippen LogP contribution in [0.2, 0.25) is 0 Å². The molecule has 4 nitrogen and oxygen atoms in total. The van der Waals surface area contributed by atoms with Gasteiger partial charge in [0.2, 0.25) is 5.91 Å². The third-order valence-corrected chi connectivity index (χ3v) is 3.27. The number of aliphatic hydroxyl groups excluding tert-OH is 1. The van der Waals surface area contributed by atoms with Gasteiger partial charge >= 0.3 is 0 Å². The smallest absolute Gasteiger partial charge is 0.237 e. The lowest BCUT2D eigenvalue weighted by atomic mass is 9.86. The fourth-order valence-electron chi connectivity index (χ4n) is 1.95. The van der Waals surface area contributed by atoms with Crippen molar-refractivity contribution >= 4 is 5.91 Å². The summed E-state index contributed by atoms with van der Waals surface area (Å²) < 4.78 is 0. The molecule has 4 N–H and O–H groups in total. The molecule has 0 aromatic heterocycles. The standard InChI is InChI=1S/C12H24N2O2/c1-12(2,3)10(13)11(16)14-8-6-4-5-7-9(8)15/h8-10,15H,4-7,13H2,1-3H3,(H,14,16). The molecule has 0 saturated heterocycles. The Bertz CT molecular complexity index is 248. The van der Waals surface area contributed by atoms with Gasteiger partial charge in [-0.3, -0.25) is 4.79 Å². The summed E-state index contributed by atoms with van der Waals surface area (Å²) in [5.74, 6) is -0.154. The van der Waals surface area contributed by atoms with E-state index in [0.29, 0.717) is 0 Å². The molecule has 1 amide bonds. The van der Waals surface area contributed by atoms with E-state index in [4.69, 9.17) is 5.73 Å². The number of nitrogens with two attached hydrogens (primary N) is 1. The molecule has 0 spiro atoms. The molecule has 94 valence electrons. The van der Waals surface area contributed by atoms with Crippen LogP contribution in [0, 0.1) is 5.41 Å². The highest BCUT2D eigenvalue weighted by Crippen LogP contribution is 2.21. The third kappa shape index (κ3) is 3.46. The Balaban J connectivity index is 2.50. The van der Waals surface area contributed by atoms with Crippen LogP contribution in [-0.4, -0.2) is 29.2 Å². The molecule has 1 rings (SSSR count). The Kier molecular flexibility index (Phi) is 4.33. The molecular formula is C12H24N2O2. The monoisotopic (exact) mass is 228 g/mol. The van der Waals surface area contributed by atoms with Crippen molar-refractivity contribution in [3.05, 3.63) is 0 Å². The maximum Gasteiger partial charge on any atom is 0.237 e. The first kappa shape index (κ1) is 13.5. The Morgan fingerprint density at radius 2 is 1.94 bits per heavy atom. The van der Waals surface area contributed by atoms with Crippen LogP contribution in [0.3, 0.4) is 0 Å². The Morgan fingerprint density at radius 3 is 2.44 bits per heavy atom. The summed E-state index contributed by atoms with van der Waals surface area (Å²) in [7, 11) is 0. The van der Waals surface area contributed by atoms with E-state index in [9.17, 15) is 9.90 Å². The molecule has 0 radical (unpaired) electrons. The molecule has 0 aliphatic heterocycles. The van der Waals surface area contributed by atoms with Crippen molar-refractivity contribution in [2.45, 2.75) is 64.6 Å². The Morgan fingerprint density at radius 1 is 1.38 bits per heavy atom. The number of rotatable bonds is 2. The van der Waals surface area contributed by atoms with E-state index in [1.54, 1.807) is 0 Å². The minimum absolute atomic E-state index is 0.116. The molecule has 1 aliphatic rings. The lowest BCUT2D eigenvalue weighted by Gasteiger charge is -2.32. The molecule has 0 heterocycles. The van der Waals surface area contributed by atoms with E-state index in [1.165, 1.54) is 0 Å². The van der Waals surface area contributed by atoms with E-state index >= 15 is 0 Å². The molecule has 0 bridgehead atoms. The zero-order valence-electron chi connectivity index (χ0n) is 10.5. The van der Waals surface area contributed by atoms with Crippen LogP contribution in [0.25, 0.3) is 0 Å². The molecule has 16 heavy (non-hydrogen) atoms. The fourth-order valence-corrected chi connectivity index (χ4v) is 1.95. The molecule has 4 heteroatoms. The number of hydrogen-bond donors (Lipinski definition) is 3. The normalized spacial score (nSPS) is 28.6. The average Bonchev–Trinajstić information content (AvgIpc) is 2.19. The highest BCUT2D eigenvalue weighted by atomic mass is 16.3. The van der Waals surface area contributed by atoms with Gasteiger partial charge in [-0.15, -0.1) is 0 Å². The molecule has 3 unspecified atom stereocenters. The molecule has 0 aromatic rings. The van der Waals surface area contributed by atoms with Crippen molar-refractivity contribution < 1.29 is 9.90 Å². The fraction of sp³-hybridized carbons (Fsp3) is 0.917. The van der Waals surface area contributed by atoms with Crippen molar-refractivity contribution in [3.8, 4) is 0 Å². The molecular weight excluding hydrogens is 204 g/mol. The van der Waals surface area contributed by atoms with Crippen molar-refractivity contribution in [1.82, 2.24) is 5.32 Å². The van der Waals surface area contributed by atoms with Gasteiger partial charge in [-0.25, -0.2) is 0 Å². The van der Waals surface area contributed by atoms with Gasteiger partial charge < -0.3 is 16.2 Å². The number of carbonyl (C=O) groups excluding carboxylic acids is 1. The van der Waals surface area contributed by atoms with E-state index in [0.717, 1.165) is 25.7 Å². The van der Waals surface area contributed by atoms with Crippen LogP contribution in [0.5, 0.6) is 0 Å². The van der Waals surface area contributed by atoms with Gasteiger partial charge in [-0.05, 0) is 18.3 Å². The largest absolute Gasteiger partial charge is 0.391 e. The maximum atomic E-state index is 11.9. The van der Waals surface area contributed by atoms with Crippen LogP contribution in [-0.2, 0) is 4.79 Å². The Hall–Kier alpha value is -0.610. The van der Waals surface area contributed by atoms with Crippen LogP contribution in [0.4, 0.5) is 0 Å². The van der Waals surface area contributed by atoms with Crippen LogP contribution in [0.15, 0.2) is 0 Å². The highest BCUT2D eigenvalue weighted by Gasteiger charge is 2.31. The summed E-state index contributed by atoms with van der Waals surface area (Å²) in [6.45, 7) is 5.82. The van der Waals surface area contributed by atoms with Crippen LogP contribution < -0.4 is 11.1 Å². The maximum absolute atomic E-state index is 11.9. The van der Waals surface area contributed by atoms with E-state index in [2.05, 4.69) is 5.32 Å². The lowest BCUT2D eigenvalue weighted by molar-refractivity contribution is -0.126. The van der Waals surface area contributed by atoms with Gasteiger partial charge in [0.05, 0.1) is 18.2 Å². The van der Waals surface area contributed by atoms with Crippen molar-refractivity contribution in [2.75, 3.05) is 0 Å². The zero-order valence-corrected chi connectivity index (χ0v) is 10.5. The Labute approximate surface area is 97.6 Å². The van der Waals surface area contributed by atoms with E-state index < -0.39 is 12.1 Å². The van der Waals surface area contributed by atoms with Crippen molar-refractivity contribution in [2.24, 2.45) is 11.1 Å². The van der Waals surface area contributed by atoms with Gasteiger partial charge in [0.25, 0.3) is 0 Å². The molecule has 1 fully saturated rings. The van der Waals surface area contributed by atoms with Crippen molar-refractivity contribution in [1.29, 1.82) is 0 Å². The van der Waals surface area contributed by atoms with Gasteiger partial charge in [0.15, 0.2) is 0 Å². The van der Waals surface area contributed by atoms with Gasteiger partial charge in [0.1, 0.15) is 0 Å². The zero-order chi connectivity index (χ0) is 12.3. The minimum Gasteiger partial charge on any atom is -0.391 e. The predicted molar refractivity (Wildman–Crippen MR) is 63.8 cm³/mol. The second kappa shape index (κ2) is 5.15. The molecule has 1 aliphatic carbocycles. The van der Waals surface area contributed by atoms with E-state index in [1.807, 2.05) is 20.8 Å². The summed E-state index contributed by atoms with van der Waals surface area (Å²) in [5.41, 5.74) is 5.62. The van der Waals surface area contributed by atoms with E-state index in [-0.39, 0.29) is 17.4 Å². The predicted octanol–water partition coefficient (Wildman–Crippen LogP) is 0.779. The lowest BCUT2D eigenvalue weighted by Crippen LogP contribution is -2.54. The average molecular weight is 228 g/mol. The molecule has 3 atom stereocenters. The third-order valence-electron chi connectivity index (χ3n) is 3.27. The first-order valence-corrected chi connectivity index (χ1v) is 6.06. The second-order valence-corrected chi connectivity index (χ2v) is 5.81. The molecule has 1 saturated carbocycles. The van der Waals surface area contributed by atoms with Gasteiger partial charge in [-0.2, -0.15) is 0 Å². The molecule has 0 aromatic carbocycles. The number of amides is 1. The number of aliphatic hydroxyl groups is 1. The SMILES string of the molecule is CC(C)(C)C(N)C(=O)NC1CCCCC1O. The summed E-state index contributed by atoms with van der Waals surface area (Å²) in [5, 5.41) is 12.6. The first-order valence-electron chi connectivity index (χ1n) is 6.06. The summed E-state index contributed by atoms with van der Waals surface area (Å²) in [4.78, 5) is 11.9. The number of nitrogens with one attached hydrogen (secondary N) is 1. The highest BCUT2D eigenvalue weighted by molar-refractivity contribution is 5.82. The van der Waals surface area contributed by atoms with Crippen molar-refractivity contribution in [3.63, 3.8) is 0 Å². The topological polar surface area (TPSA) is 75.4 Å².